The average Bonchev–Trinajstić information content (AvgIpc) is 2.96. The fraction of sp³-hybridized carbons (Fsp3) is 0.529. The molecule has 0 radical (unpaired) electrons. The number of thioether (sulfide) groups is 1. The van der Waals surface area contributed by atoms with Crippen molar-refractivity contribution in [2.45, 2.75) is 45.3 Å². The van der Waals surface area contributed by atoms with E-state index in [-0.39, 0.29) is 22.7 Å². The third-order valence-electron chi connectivity index (χ3n) is 3.85. The molecule has 1 N–H and O–H groups in total. The van der Waals surface area contributed by atoms with Crippen molar-refractivity contribution in [2.24, 2.45) is 0 Å². The highest BCUT2D eigenvalue weighted by molar-refractivity contribution is 8.22. The molecule has 1 aliphatic rings. The predicted molar refractivity (Wildman–Crippen MR) is 110 cm³/mol. The van der Waals surface area contributed by atoms with Crippen LogP contribution in [0.3, 0.4) is 0 Å². The van der Waals surface area contributed by atoms with E-state index in [1.54, 1.807) is 6.26 Å². The number of ether oxygens (including phenoxy) is 4. The number of thiocarbonyl (C=S) groups is 1. The second kappa shape index (κ2) is 10.5. The fourth-order valence-electron chi connectivity index (χ4n) is 2.74. The Labute approximate surface area is 181 Å². The number of anilines is 1. The second-order valence-corrected chi connectivity index (χ2v) is 7.57. The van der Waals surface area contributed by atoms with Crippen LogP contribution >= 0.6 is 24.0 Å². The molecule has 13 heteroatoms. The van der Waals surface area contributed by atoms with Gasteiger partial charge in [0.1, 0.15) is 18.5 Å². The molecule has 0 saturated carbocycles. The highest BCUT2D eigenvalue weighted by Crippen LogP contribution is 2.34. The van der Waals surface area contributed by atoms with Crippen LogP contribution in [0.25, 0.3) is 0 Å². The highest BCUT2D eigenvalue weighted by Gasteiger charge is 2.50. The summed E-state index contributed by atoms with van der Waals surface area (Å²) in [6.45, 7) is 3.47. The lowest BCUT2D eigenvalue weighted by atomic mass is 10.1. The van der Waals surface area contributed by atoms with Gasteiger partial charge in [-0.2, -0.15) is 4.98 Å². The first-order valence-electron chi connectivity index (χ1n) is 8.69. The van der Waals surface area contributed by atoms with Gasteiger partial charge in [-0.25, -0.2) is 4.79 Å². The number of hydrogen-bond acceptors (Lipinski definition) is 11. The predicted octanol–water partition coefficient (Wildman–Crippen LogP) is 0.627. The van der Waals surface area contributed by atoms with Gasteiger partial charge >= 0.3 is 17.6 Å². The summed E-state index contributed by atoms with van der Waals surface area (Å²) < 4.78 is 23.2. The summed E-state index contributed by atoms with van der Waals surface area (Å²) in [6, 6.07) is 1.40. The molecule has 1 aromatic rings. The van der Waals surface area contributed by atoms with Crippen molar-refractivity contribution in [3.8, 4) is 0 Å². The third-order valence-corrected chi connectivity index (χ3v) is 4.87. The highest BCUT2D eigenvalue weighted by atomic mass is 32.2. The van der Waals surface area contributed by atoms with Crippen molar-refractivity contribution in [2.75, 3.05) is 18.2 Å². The molecular formula is C17H21N3O8S2. The summed E-state index contributed by atoms with van der Waals surface area (Å²) in [7, 11) is 0. The quantitative estimate of drug-likeness (QED) is 0.474. The molecule has 30 heavy (non-hydrogen) atoms. The molecule has 0 bridgehead atoms. The van der Waals surface area contributed by atoms with E-state index in [1.807, 2.05) is 0 Å². The summed E-state index contributed by atoms with van der Waals surface area (Å²) in [5, 5.41) is 2.41. The zero-order valence-electron chi connectivity index (χ0n) is 16.6. The first-order chi connectivity index (χ1) is 14.1. The van der Waals surface area contributed by atoms with Crippen LogP contribution in [0.15, 0.2) is 17.1 Å². The standard InChI is InChI=1S/C17H21N3O8S2/c1-8(21)18-12-5-6-20(16(24)19-12)15-14(28-17(29)30-4)13(26-10(3)23)11(27-15)7-25-9(2)22/h5-6,11,13-15H,7H2,1-4H3,(H,18,19,21,24)/t11-,13+,14?,15-/m1/s1. The SMILES string of the molecule is CSC(=S)OC1[C@@H](OC(C)=O)[C@@H](COC(C)=O)O[C@H]1n1ccc(NC(C)=O)nc1=O. The number of nitrogens with zero attached hydrogens (tertiary/aromatic N) is 2. The average molecular weight is 460 g/mol. The van der Waals surface area contributed by atoms with Gasteiger partial charge in [0.15, 0.2) is 18.4 Å². The van der Waals surface area contributed by atoms with E-state index >= 15 is 0 Å². The smallest absolute Gasteiger partial charge is 0.351 e. The number of nitrogens with one attached hydrogen (secondary N) is 1. The van der Waals surface area contributed by atoms with Gasteiger partial charge < -0.3 is 24.3 Å². The zero-order valence-corrected chi connectivity index (χ0v) is 18.3. The van der Waals surface area contributed by atoms with E-state index in [0.717, 1.165) is 16.3 Å². The molecule has 4 atom stereocenters. The minimum atomic E-state index is -1.09. The van der Waals surface area contributed by atoms with Crippen molar-refractivity contribution >= 4 is 52.0 Å². The van der Waals surface area contributed by atoms with Crippen molar-refractivity contribution in [3.05, 3.63) is 22.7 Å². The van der Waals surface area contributed by atoms with Crippen LogP contribution in [0.1, 0.15) is 27.0 Å². The minimum absolute atomic E-state index is 0.0619. The van der Waals surface area contributed by atoms with Crippen LogP contribution in [0.4, 0.5) is 5.82 Å². The number of hydrogen-bond donors (Lipinski definition) is 1. The summed E-state index contributed by atoms with van der Waals surface area (Å²) in [5.41, 5.74) is -0.746. The molecule has 0 aromatic carbocycles. The second-order valence-electron chi connectivity index (χ2n) is 6.16. The van der Waals surface area contributed by atoms with Crippen molar-refractivity contribution in [1.29, 1.82) is 0 Å². The molecule has 1 unspecified atom stereocenters. The monoisotopic (exact) mass is 459 g/mol. The van der Waals surface area contributed by atoms with Gasteiger partial charge in [-0.3, -0.25) is 19.0 Å². The summed E-state index contributed by atoms with van der Waals surface area (Å²) >= 11 is 6.26. The van der Waals surface area contributed by atoms with Gasteiger partial charge in [-0.15, -0.1) is 0 Å². The van der Waals surface area contributed by atoms with Crippen LogP contribution in [0.5, 0.6) is 0 Å². The first kappa shape index (κ1) is 23.8. The van der Waals surface area contributed by atoms with E-state index in [9.17, 15) is 19.2 Å². The lowest BCUT2D eigenvalue weighted by Crippen LogP contribution is -2.41. The van der Waals surface area contributed by atoms with E-state index in [4.69, 9.17) is 31.2 Å². The maximum absolute atomic E-state index is 12.5. The first-order valence-corrected chi connectivity index (χ1v) is 10.3. The maximum atomic E-state index is 12.5. The Morgan fingerprint density at radius 3 is 2.47 bits per heavy atom. The van der Waals surface area contributed by atoms with Gasteiger partial charge in [0.05, 0.1) is 0 Å². The lowest BCUT2D eigenvalue weighted by molar-refractivity contribution is -0.157. The minimum Gasteiger partial charge on any atom is -0.466 e. The van der Waals surface area contributed by atoms with Crippen molar-refractivity contribution < 1.29 is 33.3 Å². The summed E-state index contributed by atoms with van der Waals surface area (Å²) in [4.78, 5) is 50.4. The van der Waals surface area contributed by atoms with E-state index in [0.29, 0.717) is 0 Å². The normalized spacial score (nSPS) is 22.8. The number of carbonyl (C=O) groups is 3. The molecule has 1 amide bonds. The number of aromatic nitrogens is 2. The van der Waals surface area contributed by atoms with E-state index < -0.39 is 42.2 Å². The number of esters is 2. The Morgan fingerprint density at radius 2 is 1.93 bits per heavy atom. The lowest BCUT2D eigenvalue weighted by Gasteiger charge is -2.25. The van der Waals surface area contributed by atoms with Gasteiger partial charge in [-0.1, -0.05) is 11.8 Å². The molecule has 1 aliphatic heterocycles. The molecule has 0 spiro atoms. The maximum Gasteiger partial charge on any atom is 0.351 e. The molecule has 0 aliphatic carbocycles. The topological polar surface area (TPSA) is 135 Å². The van der Waals surface area contributed by atoms with Crippen molar-refractivity contribution in [3.63, 3.8) is 0 Å². The van der Waals surface area contributed by atoms with Crippen LogP contribution in [0, 0.1) is 0 Å². The van der Waals surface area contributed by atoms with Crippen molar-refractivity contribution in [1.82, 2.24) is 9.55 Å². The Morgan fingerprint density at radius 1 is 1.23 bits per heavy atom. The molecule has 2 rings (SSSR count). The van der Waals surface area contributed by atoms with Gasteiger partial charge in [0, 0.05) is 27.0 Å². The Bertz CT molecular complexity index is 890. The van der Waals surface area contributed by atoms with Gasteiger partial charge in [0.2, 0.25) is 10.3 Å². The number of carbonyl (C=O) groups excluding carboxylic acids is 3. The van der Waals surface area contributed by atoms with Crippen LogP contribution in [-0.4, -0.2) is 63.0 Å². The molecule has 164 valence electrons. The molecule has 1 fully saturated rings. The Kier molecular flexibility index (Phi) is 8.32. The van der Waals surface area contributed by atoms with E-state index in [2.05, 4.69) is 10.3 Å². The molecular weight excluding hydrogens is 438 g/mol. The molecule has 11 nitrogen and oxygen atoms in total. The molecule has 1 saturated heterocycles. The zero-order chi connectivity index (χ0) is 22.4. The number of amides is 1. The van der Waals surface area contributed by atoms with Crippen LogP contribution < -0.4 is 11.0 Å². The van der Waals surface area contributed by atoms with Gasteiger partial charge in [-0.05, 0) is 24.5 Å². The van der Waals surface area contributed by atoms with Crippen LogP contribution in [0.2, 0.25) is 0 Å². The largest absolute Gasteiger partial charge is 0.466 e. The summed E-state index contributed by atoms with van der Waals surface area (Å²) in [5.74, 6) is -1.50. The van der Waals surface area contributed by atoms with Gasteiger partial charge in [0.25, 0.3) is 0 Å². The fourth-order valence-corrected chi connectivity index (χ4v) is 3.06. The Balaban J connectivity index is 2.41. The summed E-state index contributed by atoms with van der Waals surface area (Å²) in [6.07, 6.45) is -0.992. The van der Waals surface area contributed by atoms with E-state index in [1.165, 1.54) is 33.0 Å². The molecule has 1 aromatic heterocycles. The Hall–Kier alpha value is -2.51. The third kappa shape index (κ3) is 6.24. The van der Waals surface area contributed by atoms with Crippen LogP contribution in [-0.2, 0) is 33.3 Å². The molecule has 2 heterocycles. The number of rotatable bonds is 6.